The molecule has 0 aliphatic rings. The van der Waals surface area contributed by atoms with E-state index in [1.165, 1.54) is 9.75 Å². The topological polar surface area (TPSA) is 24.9 Å². The van der Waals surface area contributed by atoms with Crippen LogP contribution in [0.2, 0.25) is 4.34 Å². The van der Waals surface area contributed by atoms with Crippen LogP contribution in [-0.2, 0) is 0 Å². The van der Waals surface area contributed by atoms with Crippen molar-refractivity contribution in [1.82, 2.24) is 4.98 Å². The minimum atomic E-state index is 0.127. The molecule has 0 saturated carbocycles. The molecule has 5 heteroatoms. The maximum Gasteiger partial charge on any atom is 0.0954 e. The Hall–Kier alpha value is -1.36. The predicted octanol–water partition coefficient (Wildman–Crippen LogP) is 5.06. The predicted molar refractivity (Wildman–Crippen MR) is 83.4 cm³/mol. The average molecular weight is 307 g/mol. The third-order valence-electron chi connectivity index (χ3n) is 2.68. The summed E-state index contributed by atoms with van der Waals surface area (Å²) in [6.45, 7) is 0. The molecule has 19 heavy (non-hydrogen) atoms. The standard InChI is InChI=1S/C14H11ClN2S2/c15-13-6-5-12(19-13)14(11-4-2-8-18-11)17-10-3-1-7-16-9-10/h1-9,14,17H. The lowest BCUT2D eigenvalue weighted by Gasteiger charge is -2.17. The first-order valence-electron chi connectivity index (χ1n) is 5.78. The van der Waals surface area contributed by atoms with Crippen molar-refractivity contribution < 1.29 is 0 Å². The number of hydrogen-bond acceptors (Lipinski definition) is 4. The molecule has 1 unspecified atom stereocenters. The Morgan fingerprint density at radius 2 is 2.05 bits per heavy atom. The van der Waals surface area contributed by atoms with Gasteiger partial charge in [0.15, 0.2) is 0 Å². The van der Waals surface area contributed by atoms with Crippen LogP contribution in [0.15, 0.2) is 54.2 Å². The minimum Gasteiger partial charge on any atom is -0.371 e. The molecule has 0 aliphatic heterocycles. The lowest BCUT2D eigenvalue weighted by molar-refractivity contribution is 0.989. The summed E-state index contributed by atoms with van der Waals surface area (Å²) in [5.74, 6) is 0. The second-order valence-electron chi connectivity index (χ2n) is 3.98. The van der Waals surface area contributed by atoms with E-state index in [-0.39, 0.29) is 6.04 Å². The van der Waals surface area contributed by atoms with E-state index in [1.807, 2.05) is 24.4 Å². The molecule has 96 valence electrons. The Labute approximate surface area is 124 Å². The van der Waals surface area contributed by atoms with Crippen molar-refractivity contribution in [3.8, 4) is 0 Å². The molecular formula is C14H11ClN2S2. The van der Waals surface area contributed by atoms with Crippen LogP contribution < -0.4 is 5.32 Å². The van der Waals surface area contributed by atoms with Gasteiger partial charge in [-0.3, -0.25) is 4.98 Å². The maximum absolute atomic E-state index is 6.05. The molecule has 0 aromatic carbocycles. The highest BCUT2D eigenvalue weighted by Crippen LogP contribution is 2.35. The highest BCUT2D eigenvalue weighted by molar-refractivity contribution is 7.16. The van der Waals surface area contributed by atoms with E-state index in [0.29, 0.717) is 0 Å². The molecule has 2 nitrogen and oxygen atoms in total. The normalized spacial score (nSPS) is 12.3. The molecule has 0 bridgehead atoms. The lowest BCUT2D eigenvalue weighted by Crippen LogP contribution is -2.09. The van der Waals surface area contributed by atoms with Crippen molar-refractivity contribution in [2.45, 2.75) is 6.04 Å². The van der Waals surface area contributed by atoms with E-state index in [2.05, 4.69) is 33.9 Å². The van der Waals surface area contributed by atoms with Crippen molar-refractivity contribution in [3.63, 3.8) is 0 Å². The highest BCUT2D eigenvalue weighted by Gasteiger charge is 2.17. The minimum absolute atomic E-state index is 0.127. The molecule has 1 N–H and O–H groups in total. The Morgan fingerprint density at radius 3 is 2.68 bits per heavy atom. The summed E-state index contributed by atoms with van der Waals surface area (Å²) in [4.78, 5) is 6.61. The Bertz CT molecular complexity index is 635. The van der Waals surface area contributed by atoms with Crippen LogP contribution in [0.5, 0.6) is 0 Å². The van der Waals surface area contributed by atoms with Gasteiger partial charge in [-0.2, -0.15) is 0 Å². The van der Waals surface area contributed by atoms with Gasteiger partial charge in [-0.1, -0.05) is 17.7 Å². The van der Waals surface area contributed by atoms with Crippen LogP contribution in [0, 0.1) is 0 Å². The number of nitrogens with zero attached hydrogens (tertiary/aromatic N) is 1. The Balaban J connectivity index is 1.93. The molecule has 3 aromatic rings. The SMILES string of the molecule is Clc1ccc(C(Nc2cccnc2)c2cccs2)s1. The molecule has 1 atom stereocenters. The van der Waals surface area contributed by atoms with Crippen LogP contribution in [0.25, 0.3) is 0 Å². The summed E-state index contributed by atoms with van der Waals surface area (Å²) in [5, 5.41) is 5.60. The summed E-state index contributed by atoms with van der Waals surface area (Å²) in [6.07, 6.45) is 3.60. The quantitative estimate of drug-likeness (QED) is 0.729. The zero-order valence-corrected chi connectivity index (χ0v) is 12.3. The third-order valence-corrected chi connectivity index (χ3v) is 4.91. The number of rotatable bonds is 4. The average Bonchev–Trinajstić information content (AvgIpc) is 3.09. The Morgan fingerprint density at radius 1 is 1.11 bits per heavy atom. The summed E-state index contributed by atoms with van der Waals surface area (Å²) in [5.41, 5.74) is 1.01. The summed E-state index contributed by atoms with van der Waals surface area (Å²) >= 11 is 9.39. The fourth-order valence-corrected chi connectivity index (χ4v) is 3.84. The number of hydrogen-bond donors (Lipinski definition) is 1. The lowest BCUT2D eigenvalue weighted by atomic mass is 10.2. The first-order chi connectivity index (χ1) is 9.33. The van der Waals surface area contributed by atoms with Gasteiger partial charge in [0.05, 0.1) is 16.1 Å². The van der Waals surface area contributed by atoms with E-state index in [9.17, 15) is 0 Å². The van der Waals surface area contributed by atoms with Gasteiger partial charge in [0.25, 0.3) is 0 Å². The van der Waals surface area contributed by atoms with E-state index in [1.54, 1.807) is 28.9 Å². The molecule has 0 aliphatic carbocycles. The van der Waals surface area contributed by atoms with Crippen molar-refractivity contribution in [2.75, 3.05) is 5.32 Å². The van der Waals surface area contributed by atoms with Crippen molar-refractivity contribution in [2.24, 2.45) is 0 Å². The van der Waals surface area contributed by atoms with Crippen molar-refractivity contribution in [3.05, 3.63) is 68.3 Å². The zero-order valence-electron chi connectivity index (χ0n) is 9.92. The second-order valence-corrected chi connectivity index (χ2v) is 6.70. The molecule has 0 amide bonds. The van der Waals surface area contributed by atoms with Crippen molar-refractivity contribution >= 4 is 40.0 Å². The third kappa shape index (κ3) is 2.97. The first-order valence-corrected chi connectivity index (χ1v) is 7.85. The van der Waals surface area contributed by atoms with E-state index in [4.69, 9.17) is 11.6 Å². The number of thiophene rings is 2. The van der Waals surface area contributed by atoms with Crippen LogP contribution >= 0.6 is 34.3 Å². The van der Waals surface area contributed by atoms with Gasteiger partial charge in [0.2, 0.25) is 0 Å². The van der Waals surface area contributed by atoms with E-state index in [0.717, 1.165) is 10.0 Å². The maximum atomic E-state index is 6.05. The number of nitrogens with one attached hydrogen (secondary N) is 1. The monoisotopic (exact) mass is 306 g/mol. The highest BCUT2D eigenvalue weighted by atomic mass is 35.5. The van der Waals surface area contributed by atoms with Crippen LogP contribution in [0.4, 0.5) is 5.69 Å². The molecule has 3 rings (SSSR count). The number of halogens is 1. The van der Waals surface area contributed by atoms with Gasteiger partial charge in [0.1, 0.15) is 0 Å². The van der Waals surface area contributed by atoms with Crippen LogP contribution in [-0.4, -0.2) is 4.98 Å². The summed E-state index contributed by atoms with van der Waals surface area (Å²) in [6, 6.07) is 12.3. The van der Waals surface area contributed by atoms with Crippen molar-refractivity contribution in [1.29, 1.82) is 0 Å². The van der Waals surface area contributed by atoms with Gasteiger partial charge >= 0.3 is 0 Å². The van der Waals surface area contributed by atoms with Gasteiger partial charge < -0.3 is 5.32 Å². The first kappa shape index (κ1) is 12.7. The molecule has 0 fully saturated rings. The Kier molecular flexibility index (Phi) is 3.82. The number of pyridine rings is 1. The van der Waals surface area contributed by atoms with Crippen LogP contribution in [0.1, 0.15) is 15.8 Å². The smallest absolute Gasteiger partial charge is 0.0954 e. The fourth-order valence-electron chi connectivity index (χ4n) is 1.84. The molecule has 0 saturated heterocycles. The second kappa shape index (κ2) is 5.74. The van der Waals surface area contributed by atoms with Gasteiger partial charge in [-0.25, -0.2) is 0 Å². The fraction of sp³-hybridized carbons (Fsp3) is 0.0714. The number of anilines is 1. The molecule has 3 heterocycles. The largest absolute Gasteiger partial charge is 0.371 e. The zero-order chi connectivity index (χ0) is 13.1. The molecule has 0 radical (unpaired) electrons. The summed E-state index contributed by atoms with van der Waals surface area (Å²) in [7, 11) is 0. The van der Waals surface area contributed by atoms with Gasteiger partial charge in [-0.05, 0) is 35.7 Å². The summed E-state index contributed by atoms with van der Waals surface area (Å²) < 4.78 is 0.810. The number of aromatic nitrogens is 1. The molecular weight excluding hydrogens is 296 g/mol. The van der Waals surface area contributed by atoms with E-state index >= 15 is 0 Å². The van der Waals surface area contributed by atoms with E-state index < -0.39 is 0 Å². The van der Waals surface area contributed by atoms with Crippen LogP contribution in [0.3, 0.4) is 0 Å². The molecule has 3 aromatic heterocycles. The molecule has 0 spiro atoms. The van der Waals surface area contributed by atoms with Gasteiger partial charge in [0, 0.05) is 22.1 Å². The van der Waals surface area contributed by atoms with Gasteiger partial charge in [-0.15, -0.1) is 22.7 Å².